The van der Waals surface area contributed by atoms with Crippen LogP contribution in [0.15, 0.2) is 48.3 Å². The molecule has 1 aromatic heterocycles. The first-order valence-electron chi connectivity index (χ1n) is 7.75. The number of aromatic nitrogens is 1. The fraction of sp³-hybridized carbons (Fsp3) is 0.211. The molecule has 1 atom stereocenters. The SMILES string of the molecule is Nc1ccc(Oc2ccncc2C#CC2=CCC(N)CC2)c(F)c1. The summed E-state index contributed by atoms with van der Waals surface area (Å²) in [6.07, 6.45) is 7.90. The van der Waals surface area contributed by atoms with Crippen molar-refractivity contribution >= 4 is 5.69 Å². The van der Waals surface area contributed by atoms with Gasteiger partial charge in [0, 0.05) is 36.3 Å². The number of halogens is 1. The molecule has 122 valence electrons. The molecular weight excluding hydrogens is 305 g/mol. The number of ether oxygens (including phenoxy) is 1. The van der Waals surface area contributed by atoms with Gasteiger partial charge in [-0.2, -0.15) is 0 Å². The maximum atomic E-state index is 13.9. The minimum Gasteiger partial charge on any atom is -0.453 e. The highest BCUT2D eigenvalue weighted by atomic mass is 19.1. The third kappa shape index (κ3) is 3.92. The Morgan fingerprint density at radius 1 is 1.21 bits per heavy atom. The second-order valence-corrected chi connectivity index (χ2v) is 5.68. The van der Waals surface area contributed by atoms with E-state index in [1.165, 1.54) is 12.1 Å². The van der Waals surface area contributed by atoms with Gasteiger partial charge in [-0.1, -0.05) is 17.9 Å². The highest BCUT2D eigenvalue weighted by Gasteiger charge is 2.10. The van der Waals surface area contributed by atoms with E-state index in [4.69, 9.17) is 16.2 Å². The summed E-state index contributed by atoms with van der Waals surface area (Å²) in [4.78, 5) is 4.06. The molecule has 0 amide bonds. The molecule has 1 aliphatic rings. The maximum absolute atomic E-state index is 13.9. The van der Waals surface area contributed by atoms with Gasteiger partial charge < -0.3 is 16.2 Å². The Hall–Kier alpha value is -2.84. The van der Waals surface area contributed by atoms with Gasteiger partial charge in [0.15, 0.2) is 11.6 Å². The molecule has 0 bridgehead atoms. The number of nitrogen functional groups attached to an aromatic ring is 1. The van der Waals surface area contributed by atoms with E-state index in [0.29, 0.717) is 17.0 Å². The number of anilines is 1. The number of rotatable bonds is 2. The van der Waals surface area contributed by atoms with Crippen molar-refractivity contribution in [3.05, 3.63) is 59.7 Å². The molecule has 1 unspecified atom stereocenters. The molecule has 0 radical (unpaired) electrons. The number of nitrogens with zero attached hydrogens (tertiary/aromatic N) is 1. The van der Waals surface area contributed by atoms with Crippen molar-refractivity contribution in [2.24, 2.45) is 5.73 Å². The second kappa shape index (κ2) is 7.16. The van der Waals surface area contributed by atoms with Crippen LogP contribution in [0.4, 0.5) is 10.1 Å². The standard InChI is InChI=1S/C19H18FN3O/c20-17-11-16(22)7-8-19(17)24-18-9-10-23-12-14(18)4-1-13-2-5-15(21)6-3-13/h2,7-12,15H,3,5-6,21-22H2. The third-order valence-electron chi connectivity index (χ3n) is 3.77. The van der Waals surface area contributed by atoms with Crippen molar-refractivity contribution in [3.63, 3.8) is 0 Å². The first-order valence-corrected chi connectivity index (χ1v) is 7.75. The van der Waals surface area contributed by atoms with Crippen molar-refractivity contribution in [2.75, 3.05) is 5.73 Å². The molecule has 1 aliphatic carbocycles. The van der Waals surface area contributed by atoms with Crippen LogP contribution in [0.3, 0.4) is 0 Å². The Morgan fingerprint density at radius 2 is 2.08 bits per heavy atom. The summed E-state index contributed by atoms with van der Waals surface area (Å²) in [6, 6.07) is 6.18. The monoisotopic (exact) mass is 323 g/mol. The molecule has 0 fully saturated rings. The quantitative estimate of drug-likeness (QED) is 0.656. The van der Waals surface area contributed by atoms with Crippen LogP contribution < -0.4 is 16.2 Å². The summed E-state index contributed by atoms with van der Waals surface area (Å²) in [5.41, 5.74) is 13.4. The van der Waals surface area contributed by atoms with Gasteiger partial charge >= 0.3 is 0 Å². The van der Waals surface area contributed by atoms with Gasteiger partial charge in [-0.3, -0.25) is 4.98 Å². The lowest BCUT2D eigenvalue weighted by Gasteiger charge is -2.14. The van der Waals surface area contributed by atoms with Crippen molar-refractivity contribution in [1.29, 1.82) is 0 Å². The van der Waals surface area contributed by atoms with E-state index in [2.05, 4.69) is 22.9 Å². The fourth-order valence-electron chi connectivity index (χ4n) is 2.40. The molecule has 0 spiro atoms. The lowest BCUT2D eigenvalue weighted by atomic mass is 9.96. The molecule has 2 aromatic rings. The summed E-state index contributed by atoms with van der Waals surface area (Å²) in [5.74, 6) is 6.22. The summed E-state index contributed by atoms with van der Waals surface area (Å²) < 4.78 is 19.5. The van der Waals surface area contributed by atoms with Gasteiger partial charge in [0.2, 0.25) is 0 Å². The predicted molar refractivity (Wildman–Crippen MR) is 91.9 cm³/mol. The van der Waals surface area contributed by atoms with E-state index in [0.717, 1.165) is 24.8 Å². The molecule has 0 saturated heterocycles. The Kier molecular flexibility index (Phi) is 4.78. The molecule has 3 rings (SSSR count). The topological polar surface area (TPSA) is 74.2 Å². The minimum atomic E-state index is -0.519. The average molecular weight is 323 g/mol. The molecule has 4 N–H and O–H groups in total. The normalized spacial score (nSPS) is 16.8. The van der Waals surface area contributed by atoms with Gasteiger partial charge in [0.1, 0.15) is 5.75 Å². The number of pyridine rings is 1. The van der Waals surface area contributed by atoms with E-state index in [1.807, 2.05) is 0 Å². The largest absolute Gasteiger partial charge is 0.453 e. The summed E-state index contributed by atoms with van der Waals surface area (Å²) >= 11 is 0. The Morgan fingerprint density at radius 3 is 2.83 bits per heavy atom. The predicted octanol–water partition coefficient (Wildman–Crippen LogP) is 3.38. The minimum absolute atomic E-state index is 0.0984. The lowest BCUT2D eigenvalue weighted by molar-refractivity contribution is 0.441. The smallest absolute Gasteiger partial charge is 0.167 e. The molecule has 0 aliphatic heterocycles. The summed E-state index contributed by atoms with van der Waals surface area (Å²) in [7, 11) is 0. The van der Waals surface area contributed by atoms with E-state index in [-0.39, 0.29) is 11.8 Å². The zero-order chi connectivity index (χ0) is 16.9. The van der Waals surface area contributed by atoms with Crippen LogP contribution in [0.1, 0.15) is 24.8 Å². The van der Waals surface area contributed by atoms with Crippen LogP contribution in [-0.2, 0) is 0 Å². The highest BCUT2D eigenvalue weighted by molar-refractivity contribution is 5.50. The summed E-state index contributed by atoms with van der Waals surface area (Å²) in [5, 5.41) is 0. The van der Waals surface area contributed by atoms with Crippen LogP contribution in [0.2, 0.25) is 0 Å². The highest BCUT2D eigenvalue weighted by Crippen LogP contribution is 2.27. The first-order chi connectivity index (χ1) is 11.6. The molecule has 1 aromatic carbocycles. The van der Waals surface area contributed by atoms with E-state index in [9.17, 15) is 4.39 Å². The van der Waals surface area contributed by atoms with Crippen molar-refractivity contribution < 1.29 is 9.13 Å². The number of allylic oxidation sites excluding steroid dienone is 1. The molecular formula is C19H18FN3O. The van der Waals surface area contributed by atoms with Gasteiger partial charge in [0.25, 0.3) is 0 Å². The average Bonchev–Trinajstić information content (AvgIpc) is 2.58. The van der Waals surface area contributed by atoms with Crippen LogP contribution in [0.25, 0.3) is 0 Å². The van der Waals surface area contributed by atoms with Crippen molar-refractivity contribution in [1.82, 2.24) is 4.98 Å². The Balaban J connectivity index is 1.84. The van der Waals surface area contributed by atoms with Crippen molar-refractivity contribution in [2.45, 2.75) is 25.3 Å². The Bertz CT molecular complexity index is 836. The summed E-state index contributed by atoms with van der Waals surface area (Å²) in [6.45, 7) is 0. The molecule has 1 heterocycles. The van der Waals surface area contributed by atoms with Crippen LogP contribution in [0, 0.1) is 17.7 Å². The zero-order valence-corrected chi connectivity index (χ0v) is 13.1. The van der Waals surface area contributed by atoms with Crippen LogP contribution in [-0.4, -0.2) is 11.0 Å². The zero-order valence-electron chi connectivity index (χ0n) is 13.1. The van der Waals surface area contributed by atoms with Crippen LogP contribution >= 0.6 is 0 Å². The molecule has 0 saturated carbocycles. The molecule has 24 heavy (non-hydrogen) atoms. The van der Waals surface area contributed by atoms with Gasteiger partial charge in [0.05, 0.1) is 5.56 Å². The van der Waals surface area contributed by atoms with E-state index < -0.39 is 5.82 Å². The van der Waals surface area contributed by atoms with Crippen LogP contribution in [0.5, 0.6) is 11.5 Å². The van der Waals surface area contributed by atoms with E-state index in [1.54, 1.807) is 24.5 Å². The fourth-order valence-corrected chi connectivity index (χ4v) is 2.40. The second-order valence-electron chi connectivity index (χ2n) is 5.68. The van der Waals surface area contributed by atoms with Crippen molar-refractivity contribution in [3.8, 4) is 23.3 Å². The molecule has 5 heteroatoms. The lowest BCUT2D eigenvalue weighted by Crippen LogP contribution is -2.21. The number of nitrogens with two attached hydrogens (primary N) is 2. The van der Waals surface area contributed by atoms with Gasteiger partial charge in [-0.15, -0.1) is 0 Å². The third-order valence-corrected chi connectivity index (χ3v) is 3.77. The number of hydrogen-bond donors (Lipinski definition) is 2. The van der Waals surface area contributed by atoms with Gasteiger partial charge in [-0.05, 0) is 37.0 Å². The Labute approximate surface area is 140 Å². The number of hydrogen-bond acceptors (Lipinski definition) is 4. The number of benzene rings is 1. The van der Waals surface area contributed by atoms with E-state index >= 15 is 0 Å². The van der Waals surface area contributed by atoms with Gasteiger partial charge in [-0.25, -0.2) is 4.39 Å². The first kappa shape index (κ1) is 16.0. The molecule has 4 nitrogen and oxygen atoms in total. The maximum Gasteiger partial charge on any atom is 0.167 e.